The van der Waals surface area contributed by atoms with Crippen molar-refractivity contribution in [3.8, 4) is 0 Å². The first kappa shape index (κ1) is 14.8. The van der Waals surface area contributed by atoms with Gasteiger partial charge in [-0.2, -0.15) is 5.10 Å². The van der Waals surface area contributed by atoms with E-state index in [2.05, 4.69) is 53.8 Å². The second-order valence-electron chi connectivity index (χ2n) is 7.11. The van der Waals surface area contributed by atoms with Crippen molar-refractivity contribution in [1.82, 2.24) is 29.7 Å². The molecule has 0 aromatic carbocycles. The monoisotopic (exact) mass is 335 g/mol. The Bertz CT molecular complexity index is 878. The standard InChI is InChI=1S/C18H21N7/c1-23(12-18-22-21-17-4-2-3-9-25(17)18)14-10-24(11-14)16-8-7-15(19-20-16)13-5-6-13/h2-4,7-9,13-14H,5-6,10-12H2,1H3. The van der Waals surface area contributed by atoms with Gasteiger partial charge in [0.2, 0.25) is 0 Å². The Hall–Kier alpha value is -2.54. The van der Waals surface area contributed by atoms with E-state index in [0.29, 0.717) is 12.0 Å². The molecule has 0 atom stereocenters. The van der Waals surface area contributed by atoms with Crippen molar-refractivity contribution < 1.29 is 0 Å². The number of aromatic nitrogens is 5. The molecule has 0 spiro atoms. The van der Waals surface area contributed by atoms with Gasteiger partial charge in [-0.05, 0) is 44.2 Å². The van der Waals surface area contributed by atoms with Crippen molar-refractivity contribution in [2.24, 2.45) is 0 Å². The third kappa shape index (κ3) is 2.74. The summed E-state index contributed by atoms with van der Waals surface area (Å²) in [5.41, 5.74) is 2.05. The molecule has 1 aliphatic heterocycles. The summed E-state index contributed by atoms with van der Waals surface area (Å²) in [5, 5.41) is 17.3. The van der Waals surface area contributed by atoms with Crippen molar-refractivity contribution in [3.05, 3.63) is 48.0 Å². The van der Waals surface area contributed by atoms with Crippen LogP contribution in [0, 0.1) is 0 Å². The van der Waals surface area contributed by atoms with Gasteiger partial charge in [0, 0.05) is 31.2 Å². The first-order chi connectivity index (χ1) is 12.3. The molecule has 25 heavy (non-hydrogen) atoms. The third-order valence-corrected chi connectivity index (χ3v) is 5.25. The predicted molar refractivity (Wildman–Crippen MR) is 94.5 cm³/mol. The second-order valence-corrected chi connectivity index (χ2v) is 7.11. The van der Waals surface area contributed by atoms with E-state index in [1.165, 1.54) is 12.8 Å². The average Bonchev–Trinajstić information content (AvgIpc) is 3.37. The first-order valence-electron chi connectivity index (χ1n) is 8.85. The molecule has 0 unspecified atom stereocenters. The van der Waals surface area contributed by atoms with Crippen LogP contribution in [0.1, 0.15) is 30.3 Å². The SMILES string of the molecule is CN(Cc1nnc2ccccn12)C1CN(c2ccc(C3CC3)nn2)C1. The normalized spacial score (nSPS) is 18.1. The zero-order valence-electron chi connectivity index (χ0n) is 14.3. The smallest absolute Gasteiger partial charge is 0.160 e. The van der Waals surface area contributed by atoms with Crippen LogP contribution in [-0.4, -0.2) is 55.9 Å². The Balaban J connectivity index is 1.21. The minimum atomic E-state index is 0.501. The molecule has 7 nitrogen and oxygen atoms in total. The Morgan fingerprint density at radius 3 is 2.68 bits per heavy atom. The predicted octanol–water partition coefficient (Wildman–Crippen LogP) is 1.72. The molecule has 1 saturated carbocycles. The quantitative estimate of drug-likeness (QED) is 0.707. The summed E-state index contributed by atoms with van der Waals surface area (Å²) < 4.78 is 2.05. The van der Waals surface area contributed by atoms with E-state index in [9.17, 15) is 0 Å². The fourth-order valence-corrected chi connectivity index (χ4v) is 3.37. The van der Waals surface area contributed by atoms with Crippen LogP contribution in [0.4, 0.5) is 5.82 Å². The van der Waals surface area contributed by atoms with E-state index < -0.39 is 0 Å². The van der Waals surface area contributed by atoms with Crippen LogP contribution in [0.5, 0.6) is 0 Å². The van der Waals surface area contributed by atoms with Gasteiger partial charge in [0.25, 0.3) is 0 Å². The molecule has 1 aliphatic carbocycles. The Morgan fingerprint density at radius 1 is 1.04 bits per heavy atom. The molecule has 128 valence electrons. The highest BCUT2D eigenvalue weighted by Gasteiger charge is 2.32. The average molecular weight is 335 g/mol. The Labute approximate surface area is 146 Å². The van der Waals surface area contributed by atoms with Crippen molar-refractivity contribution in [3.63, 3.8) is 0 Å². The first-order valence-corrected chi connectivity index (χ1v) is 8.85. The summed E-state index contributed by atoms with van der Waals surface area (Å²) >= 11 is 0. The van der Waals surface area contributed by atoms with Crippen LogP contribution in [0.15, 0.2) is 36.5 Å². The zero-order valence-corrected chi connectivity index (χ0v) is 14.3. The number of hydrogen-bond acceptors (Lipinski definition) is 6. The number of pyridine rings is 1. The number of fused-ring (bicyclic) bond motifs is 1. The van der Waals surface area contributed by atoms with Gasteiger partial charge >= 0.3 is 0 Å². The van der Waals surface area contributed by atoms with Gasteiger partial charge in [-0.3, -0.25) is 9.30 Å². The maximum Gasteiger partial charge on any atom is 0.160 e. The van der Waals surface area contributed by atoms with Gasteiger partial charge in [-0.15, -0.1) is 15.3 Å². The molecule has 5 rings (SSSR count). The van der Waals surface area contributed by atoms with Gasteiger partial charge < -0.3 is 4.90 Å². The third-order valence-electron chi connectivity index (χ3n) is 5.25. The molecule has 4 heterocycles. The van der Waals surface area contributed by atoms with E-state index in [1.807, 2.05) is 24.4 Å². The molecule has 7 heteroatoms. The highest BCUT2D eigenvalue weighted by molar-refractivity contribution is 5.42. The molecule has 2 fully saturated rings. The summed E-state index contributed by atoms with van der Waals surface area (Å²) in [6.45, 7) is 2.74. The maximum absolute atomic E-state index is 4.40. The van der Waals surface area contributed by atoms with Crippen LogP contribution >= 0.6 is 0 Å². The number of hydrogen-bond donors (Lipinski definition) is 0. The van der Waals surface area contributed by atoms with E-state index in [-0.39, 0.29) is 0 Å². The molecule has 0 amide bonds. The van der Waals surface area contributed by atoms with Crippen molar-refractivity contribution in [2.45, 2.75) is 31.3 Å². The lowest BCUT2D eigenvalue weighted by atomic mass is 10.1. The molecule has 3 aromatic rings. The summed E-state index contributed by atoms with van der Waals surface area (Å²) in [6.07, 6.45) is 4.55. The van der Waals surface area contributed by atoms with Crippen LogP contribution in [0.3, 0.4) is 0 Å². The summed E-state index contributed by atoms with van der Waals surface area (Å²) in [6, 6.07) is 10.7. The fourth-order valence-electron chi connectivity index (χ4n) is 3.37. The number of anilines is 1. The minimum Gasteiger partial charge on any atom is -0.352 e. The van der Waals surface area contributed by atoms with Crippen LogP contribution < -0.4 is 4.90 Å². The summed E-state index contributed by atoms with van der Waals surface area (Å²) in [5.74, 6) is 2.63. The van der Waals surface area contributed by atoms with Crippen LogP contribution in [0.2, 0.25) is 0 Å². The molecular weight excluding hydrogens is 314 g/mol. The van der Waals surface area contributed by atoms with E-state index in [1.54, 1.807) is 0 Å². The maximum atomic E-state index is 4.40. The van der Waals surface area contributed by atoms with E-state index in [0.717, 1.165) is 42.6 Å². The molecule has 0 bridgehead atoms. The zero-order chi connectivity index (χ0) is 16.8. The molecule has 2 aliphatic rings. The van der Waals surface area contributed by atoms with Crippen LogP contribution in [0.25, 0.3) is 5.65 Å². The van der Waals surface area contributed by atoms with Gasteiger partial charge in [-0.1, -0.05) is 6.07 Å². The lowest BCUT2D eigenvalue weighted by Crippen LogP contribution is -2.58. The highest BCUT2D eigenvalue weighted by Crippen LogP contribution is 2.38. The Kier molecular flexibility index (Phi) is 3.41. The van der Waals surface area contributed by atoms with Gasteiger partial charge in [0.1, 0.15) is 0 Å². The lowest BCUT2D eigenvalue weighted by molar-refractivity contribution is 0.192. The molecule has 0 radical (unpaired) electrons. The van der Waals surface area contributed by atoms with Crippen LogP contribution in [-0.2, 0) is 6.54 Å². The molecule has 3 aromatic heterocycles. The highest BCUT2D eigenvalue weighted by atomic mass is 15.4. The molecular formula is C18H21N7. The van der Waals surface area contributed by atoms with Crippen molar-refractivity contribution in [1.29, 1.82) is 0 Å². The fraction of sp³-hybridized carbons (Fsp3) is 0.444. The Morgan fingerprint density at radius 2 is 1.92 bits per heavy atom. The number of rotatable bonds is 5. The second kappa shape index (κ2) is 5.77. The largest absolute Gasteiger partial charge is 0.352 e. The van der Waals surface area contributed by atoms with Crippen molar-refractivity contribution >= 4 is 11.5 Å². The van der Waals surface area contributed by atoms with E-state index in [4.69, 9.17) is 0 Å². The molecule has 1 saturated heterocycles. The minimum absolute atomic E-state index is 0.501. The molecule has 0 N–H and O–H groups in total. The van der Waals surface area contributed by atoms with Gasteiger partial charge in [0.15, 0.2) is 17.3 Å². The summed E-state index contributed by atoms with van der Waals surface area (Å²) in [4.78, 5) is 4.62. The topological polar surface area (TPSA) is 62.5 Å². The summed E-state index contributed by atoms with van der Waals surface area (Å²) in [7, 11) is 2.15. The van der Waals surface area contributed by atoms with Gasteiger partial charge in [0.05, 0.1) is 12.2 Å². The number of likely N-dealkylation sites (N-methyl/N-ethyl adjacent to an activating group) is 1. The lowest BCUT2D eigenvalue weighted by Gasteiger charge is -2.44. The van der Waals surface area contributed by atoms with Crippen molar-refractivity contribution in [2.75, 3.05) is 25.0 Å². The van der Waals surface area contributed by atoms with Gasteiger partial charge in [-0.25, -0.2) is 0 Å². The van der Waals surface area contributed by atoms with E-state index >= 15 is 0 Å². The number of nitrogens with zero attached hydrogens (tertiary/aromatic N) is 7.